The molecular formula is C19H16ClN5S2. The summed E-state index contributed by atoms with van der Waals surface area (Å²) in [5.74, 6) is 1.40. The van der Waals surface area contributed by atoms with Crippen LogP contribution in [0.4, 0.5) is 0 Å². The van der Waals surface area contributed by atoms with Crippen molar-refractivity contribution >= 4 is 34.9 Å². The predicted molar refractivity (Wildman–Crippen MR) is 111 cm³/mol. The van der Waals surface area contributed by atoms with Crippen LogP contribution in [-0.2, 0) is 5.75 Å². The zero-order valence-electron chi connectivity index (χ0n) is 14.8. The van der Waals surface area contributed by atoms with Crippen molar-refractivity contribution in [2.75, 3.05) is 0 Å². The lowest BCUT2D eigenvalue weighted by Gasteiger charge is -2.12. The molecule has 4 aromatic rings. The molecular weight excluding hydrogens is 398 g/mol. The number of rotatable bonds is 5. The van der Waals surface area contributed by atoms with Gasteiger partial charge in [-0.15, -0.1) is 15.3 Å². The standard InChI is InChI=1S/C19H16ClN5S2/c1-12-8-9-15(10-13(12)2)25-18(14-6-4-3-5-7-14)22-23-19(25)26-11-16-17(20)27-24-21-16/h3-10H,11H2,1-2H3. The summed E-state index contributed by atoms with van der Waals surface area (Å²) < 4.78 is 6.59. The van der Waals surface area contributed by atoms with Crippen molar-refractivity contribution in [3.63, 3.8) is 0 Å². The van der Waals surface area contributed by atoms with E-state index in [1.165, 1.54) is 22.7 Å². The molecule has 0 N–H and O–H groups in total. The van der Waals surface area contributed by atoms with Crippen molar-refractivity contribution in [2.45, 2.75) is 24.8 Å². The van der Waals surface area contributed by atoms with Gasteiger partial charge in [0.1, 0.15) is 10.0 Å². The van der Waals surface area contributed by atoms with Gasteiger partial charge in [-0.25, -0.2) is 0 Å². The molecule has 5 nitrogen and oxygen atoms in total. The van der Waals surface area contributed by atoms with E-state index in [0.717, 1.165) is 27.9 Å². The number of aromatic nitrogens is 5. The van der Waals surface area contributed by atoms with Gasteiger partial charge in [0.25, 0.3) is 0 Å². The third-order valence-electron chi connectivity index (χ3n) is 4.26. The van der Waals surface area contributed by atoms with Crippen LogP contribution in [0.15, 0.2) is 53.7 Å². The van der Waals surface area contributed by atoms with E-state index in [1.54, 1.807) is 11.8 Å². The van der Waals surface area contributed by atoms with Crippen molar-refractivity contribution in [3.05, 3.63) is 69.7 Å². The summed E-state index contributed by atoms with van der Waals surface area (Å²) in [6, 6.07) is 16.5. The lowest BCUT2D eigenvalue weighted by atomic mass is 10.1. The molecule has 0 fully saturated rings. The Morgan fingerprint density at radius 2 is 1.81 bits per heavy atom. The predicted octanol–water partition coefficient (Wildman–Crippen LogP) is 5.35. The highest BCUT2D eigenvalue weighted by atomic mass is 35.5. The molecule has 0 bridgehead atoms. The van der Waals surface area contributed by atoms with Gasteiger partial charge >= 0.3 is 0 Å². The first-order valence-corrected chi connectivity index (χ1v) is 10.4. The van der Waals surface area contributed by atoms with Crippen LogP contribution < -0.4 is 0 Å². The highest BCUT2D eigenvalue weighted by molar-refractivity contribution is 7.98. The van der Waals surface area contributed by atoms with Crippen molar-refractivity contribution in [3.8, 4) is 17.1 Å². The van der Waals surface area contributed by atoms with Crippen molar-refractivity contribution in [1.82, 2.24) is 24.4 Å². The number of benzene rings is 2. The molecule has 136 valence electrons. The number of nitrogens with zero attached hydrogens (tertiary/aromatic N) is 5. The van der Waals surface area contributed by atoms with E-state index in [0.29, 0.717) is 10.1 Å². The molecule has 8 heteroatoms. The molecule has 2 aromatic heterocycles. The van der Waals surface area contributed by atoms with Crippen LogP contribution in [0.3, 0.4) is 0 Å². The van der Waals surface area contributed by atoms with Crippen LogP contribution in [0.2, 0.25) is 4.34 Å². The minimum Gasteiger partial charge on any atom is -0.270 e. The average Bonchev–Trinajstić information content (AvgIpc) is 3.29. The largest absolute Gasteiger partial charge is 0.270 e. The summed E-state index contributed by atoms with van der Waals surface area (Å²) in [5.41, 5.74) is 5.29. The maximum Gasteiger partial charge on any atom is 0.196 e. The number of thioether (sulfide) groups is 1. The molecule has 0 saturated carbocycles. The highest BCUT2D eigenvalue weighted by Gasteiger charge is 2.17. The van der Waals surface area contributed by atoms with Crippen LogP contribution in [0.25, 0.3) is 17.1 Å². The Hall–Kier alpha value is -2.22. The molecule has 4 rings (SSSR count). The second kappa shape index (κ2) is 7.80. The molecule has 0 radical (unpaired) electrons. The van der Waals surface area contributed by atoms with Gasteiger partial charge in [0.05, 0.1) is 5.69 Å². The van der Waals surface area contributed by atoms with Crippen molar-refractivity contribution in [2.24, 2.45) is 0 Å². The van der Waals surface area contributed by atoms with Gasteiger partial charge in [-0.1, -0.05) is 64.2 Å². The van der Waals surface area contributed by atoms with Crippen LogP contribution in [-0.4, -0.2) is 24.4 Å². The Morgan fingerprint density at radius 1 is 1.00 bits per heavy atom. The van der Waals surface area contributed by atoms with Crippen molar-refractivity contribution in [1.29, 1.82) is 0 Å². The van der Waals surface area contributed by atoms with E-state index < -0.39 is 0 Å². The molecule has 0 aliphatic carbocycles. The van der Waals surface area contributed by atoms with E-state index in [4.69, 9.17) is 11.6 Å². The normalized spacial score (nSPS) is 11.1. The Kier molecular flexibility index (Phi) is 5.24. The Bertz CT molecular complexity index is 1070. The van der Waals surface area contributed by atoms with Gasteiger partial charge in [0.2, 0.25) is 0 Å². The molecule has 0 aliphatic rings. The molecule has 27 heavy (non-hydrogen) atoms. The minimum absolute atomic E-state index is 0.590. The number of hydrogen-bond acceptors (Lipinski definition) is 6. The van der Waals surface area contributed by atoms with Gasteiger partial charge in [-0.3, -0.25) is 4.57 Å². The molecule has 0 amide bonds. The second-order valence-corrected chi connectivity index (χ2v) is 8.36. The molecule has 0 unspecified atom stereocenters. The fraction of sp³-hybridized carbons (Fsp3) is 0.158. The zero-order valence-corrected chi connectivity index (χ0v) is 17.1. The first kappa shape index (κ1) is 18.2. The van der Waals surface area contributed by atoms with Gasteiger partial charge in [0.15, 0.2) is 11.0 Å². The lowest BCUT2D eigenvalue weighted by Crippen LogP contribution is -2.01. The Balaban J connectivity index is 1.78. The Labute approximate surface area is 170 Å². The Morgan fingerprint density at radius 3 is 2.52 bits per heavy atom. The zero-order chi connectivity index (χ0) is 18.8. The average molecular weight is 414 g/mol. The summed E-state index contributed by atoms with van der Waals surface area (Å²) in [7, 11) is 0. The quantitative estimate of drug-likeness (QED) is 0.413. The minimum atomic E-state index is 0.590. The molecule has 0 aliphatic heterocycles. The highest BCUT2D eigenvalue weighted by Crippen LogP contribution is 2.31. The van der Waals surface area contributed by atoms with E-state index in [1.807, 2.05) is 30.3 Å². The number of aryl methyl sites for hydroxylation is 2. The summed E-state index contributed by atoms with van der Waals surface area (Å²) in [6.07, 6.45) is 0. The number of halogens is 1. The topological polar surface area (TPSA) is 56.5 Å². The molecule has 2 aromatic carbocycles. The molecule has 0 atom stereocenters. The van der Waals surface area contributed by atoms with Crippen LogP contribution >= 0.6 is 34.9 Å². The second-order valence-electron chi connectivity index (χ2n) is 6.06. The maximum atomic E-state index is 6.14. The summed E-state index contributed by atoms with van der Waals surface area (Å²) in [5, 5.41) is 13.8. The fourth-order valence-electron chi connectivity index (χ4n) is 2.65. The van der Waals surface area contributed by atoms with Crippen LogP contribution in [0.1, 0.15) is 16.8 Å². The van der Waals surface area contributed by atoms with Gasteiger partial charge < -0.3 is 0 Å². The summed E-state index contributed by atoms with van der Waals surface area (Å²) in [4.78, 5) is 0. The maximum absolute atomic E-state index is 6.14. The van der Waals surface area contributed by atoms with Crippen molar-refractivity contribution < 1.29 is 0 Å². The summed E-state index contributed by atoms with van der Waals surface area (Å²) >= 11 is 8.88. The fourth-order valence-corrected chi connectivity index (χ4v) is 4.34. The van der Waals surface area contributed by atoms with Gasteiger partial charge in [-0.05, 0) is 37.1 Å². The summed E-state index contributed by atoms with van der Waals surface area (Å²) in [6.45, 7) is 4.22. The third-order valence-corrected chi connectivity index (χ3v) is 6.19. The van der Waals surface area contributed by atoms with E-state index in [2.05, 4.69) is 56.4 Å². The van der Waals surface area contributed by atoms with E-state index >= 15 is 0 Å². The van der Waals surface area contributed by atoms with Crippen LogP contribution in [0.5, 0.6) is 0 Å². The third kappa shape index (κ3) is 3.76. The smallest absolute Gasteiger partial charge is 0.196 e. The van der Waals surface area contributed by atoms with E-state index in [9.17, 15) is 0 Å². The molecule has 0 saturated heterocycles. The monoisotopic (exact) mass is 413 g/mol. The lowest BCUT2D eigenvalue weighted by molar-refractivity contribution is 0.883. The van der Waals surface area contributed by atoms with Gasteiger partial charge in [-0.2, -0.15) is 0 Å². The van der Waals surface area contributed by atoms with Crippen LogP contribution in [0, 0.1) is 13.8 Å². The molecule has 2 heterocycles. The molecule has 0 spiro atoms. The van der Waals surface area contributed by atoms with Gasteiger partial charge in [0, 0.05) is 22.8 Å². The van der Waals surface area contributed by atoms with E-state index in [-0.39, 0.29) is 0 Å². The number of hydrogen-bond donors (Lipinski definition) is 0. The first-order valence-electron chi connectivity index (χ1n) is 8.31. The SMILES string of the molecule is Cc1ccc(-n2c(SCc3nnsc3Cl)nnc2-c2ccccc2)cc1C. The first-order chi connectivity index (χ1) is 13.1.